The number of aromatic nitrogens is 6. The van der Waals surface area contributed by atoms with Gasteiger partial charge in [-0.15, -0.1) is 10.2 Å². The number of benzene rings is 1. The Hall–Kier alpha value is -3.58. The van der Waals surface area contributed by atoms with Crippen LogP contribution in [0, 0.1) is 17.1 Å². The van der Waals surface area contributed by atoms with E-state index in [1.54, 1.807) is 22.5 Å². The molecule has 4 aromatic rings. The first kappa shape index (κ1) is 24.1. The van der Waals surface area contributed by atoms with Crippen molar-refractivity contribution < 1.29 is 8.78 Å². The molecule has 4 heterocycles. The molecule has 1 saturated heterocycles. The standard InChI is InChI=1S/C25H25ClF2N8/c1-24(2,3)36-21(26)19-10-16(13-30-22(19)33-36)18-11-17(27)9-15(12-29)20(18)35-7-5-25(28,6-8-35)23-32-31-14-34(23)4/h9-11,13-14H,5-8H2,1-4H3. The quantitative estimate of drug-likeness (QED) is 0.380. The molecule has 0 saturated carbocycles. The topological polar surface area (TPSA) is 88.4 Å². The van der Waals surface area contributed by atoms with Crippen molar-refractivity contribution in [2.75, 3.05) is 18.0 Å². The summed E-state index contributed by atoms with van der Waals surface area (Å²) in [5.74, 6) is -0.264. The summed E-state index contributed by atoms with van der Waals surface area (Å²) in [7, 11) is 1.71. The molecule has 186 valence electrons. The van der Waals surface area contributed by atoms with E-state index < -0.39 is 11.5 Å². The molecule has 5 rings (SSSR count). The average Bonchev–Trinajstić information content (AvgIpc) is 3.42. The zero-order valence-electron chi connectivity index (χ0n) is 20.4. The van der Waals surface area contributed by atoms with Crippen LogP contribution < -0.4 is 4.90 Å². The van der Waals surface area contributed by atoms with Gasteiger partial charge in [-0.3, -0.25) is 0 Å². The number of aryl methyl sites for hydroxylation is 1. The van der Waals surface area contributed by atoms with Crippen molar-refractivity contribution >= 4 is 28.3 Å². The summed E-state index contributed by atoms with van der Waals surface area (Å²) in [6.07, 6.45) is 3.39. The number of hydrogen-bond acceptors (Lipinski definition) is 6. The second kappa shape index (κ2) is 8.52. The normalized spacial score (nSPS) is 15.9. The molecule has 11 heteroatoms. The molecular weight excluding hydrogens is 486 g/mol. The maximum atomic E-state index is 15.8. The summed E-state index contributed by atoms with van der Waals surface area (Å²) < 4.78 is 33.7. The Morgan fingerprint density at radius 1 is 1.17 bits per heavy atom. The Labute approximate surface area is 212 Å². The molecular formula is C25H25ClF2N8. The highest BCUT2D eigenvalue weighted by Crippen LogP contribution is 2.42. The molecule has 8 nitrogen and oxygen atoms in total. The molecule has 1 fully saturated rings. The van der Waals surface area contributed by atoms with Gasteiger partial charge in [-0.1, -0.05) is 11.6 Å². The maximum absolute atomic E-state index is 15.8. The Bertz CT molecular complexity index is 1500. The van der Waals surface area contributed by atoms with Crippen molar-refractivity contribution in [1.82, 2.24) is 29.5 Å². The molecule has 0 aliphatic carbocycles. The lowest BCUT2D eigenvalue weighted by Crippen LogP contribution is -2.42. The second-order valence-electron chi connectivity index (χ2n) is 10.1. The van der Waals surface area contributed by atoms with Crippen LogP contribution in [0.1, 0.15) is 45.0 Å². The molecule has 36 heavy (non-hydrogen) atoms. The minimum atomic E-state index is -1.63. The van der Waals surface area contributed by atoms with Gasteiger partial charge in [-0.25, -0.2) is 18.4 Å². The van der Waals surface area contributed by atoms with E-state index in [4.69, 9.17) is 11.6 Å². The van der Waals surface area contributed by atoms with Gasteiger partial charge in [-0.05, 0) is 39.0 Å². The van der Waals surface area contributed by atoms with Gasteiger partial charge in [0, 0.05) is 50.3 Å². The van der Waals surface area contributed by atoms with E-state index in [0.29, 0.717) is 46.1 Å². The third-order valence-electron chi connectivity index (χ3n) is 6.60. The largest absolute Gasteiger partial charge is 0.370 e. The molecule has 1 aliphatic heterocycles. The Morgan fingerprint density at radius 2 is 1.89 bits per heavy atom. The lowest BCUT2D eigenvalue weighted by atomic mass is 9.90. The highest BCUT2D eigenvalue weighted by Gasteiger charge is 2.41. The van der Waals surface area contributed by atoms with Gasteiger partial charge in [-0.2, -0.15) is 10.4 Å². The highest BCUT2D eigenvalue weighted by molar-refractivity contribution is 6.34. The second-order valence-corrected chi connectivity index (χ2v) is 10.5. The number of nitriles is 1. The molecule has 0 unspecified atom stereocenters. The number of halogens is 3. The minimum absolute atomic E-state index is 0.155. The van der Waals surface area contributed by atoms with E-state index in [-0.39, 0.29) is 29.8 Å². The summed E-state index contributed by atoms with van der Waals surface area (Å²) in [5, 5.41) is 23.2. The van der Waals surface area contributed by atoms with Crippen LogP contribution >= 0.6 is 11.6 Å². The number of hydrogen-bond donors (Lipinski definition) is 0. The SMILES string of the molecule is Cn1cnnc1C1(F)CCN(c2c(C#N)cc(F)cc2-c2cnc3nn(C(C)(C)C)c(Cl)c3c2)CC1. The average molecular weight is 511 g/mol. The summed E-state index contributed by atoms with van der Waals surface area (Å²) in [4.78, 5) is 6.39. The minimum Gasteiger partial charge on any atom is -0.370 e. The van der Waals surface area contributed by atoms with Crippen molar-refractivity contribution in [1.29, 1.82) is 5.26 Å². The van der Waals surface area contributed by atoms with E-state index >= 15 is 4.39 Å². The fourth-order valence-electron chi connectivity index (χ4n) is 4.78. The fraction of sp³-hybridized carbons (Fsp3) is 0.400. The highest BCUT2D eigenvalue weighted by atomic mass is 35.5. The van der Waals surface area contributed by atoms with Crippen molar-refractivity contribution in [2.24, 2.45) is 7.05 Å². The summed E-state index contributed by atoms with van der Waals surface area (Å²) in [6, 6.07) is 6.50. The van der Waals surface area contributed by atoms with Crippen LogP contribution in [0.2, 0.25) is 5.15 Å². The Kier molecular flexibility index (Phi) is 5.71. The van der Waals surface area contributed by atoms with Crippen LogP contribution in [-0.2, 0) is 18.3 Å². The molecule has 3 aromatic heterocycles. The Balaban J connectivity index is 1.58. The lowest BCUT2D eigenvalue weighted by molar-refractivity contribution is 0.109. The number of piperidine rings is 1. The van der Waals surface area contributed by atoms with Crippen LogP contribution in [0.25, 0.3) is 22.2 Å². The van der Waals surface area contributed by atoms with Gasteiger partial charge >= 0.3 is 0 Å². The lowest BCUT2D eigenvalue weighted by Gasteiger charge is -2.38. The molecule has 0 atom stereocenters. The third-order valence-corrected chi connectivity index (χ3v) is 6.96. The Morgan fingerprint density at radius 3 is 2.50 bits per heavy atom. The third kappa shape index (κ3) is 3.97. The molecule has 0 spiro atoms. The zero-order valence-corrected chi connectivity index (χ0v) is 21.2. The van der Waals surface area contributed by atoms with Crippen molar-refractivity contribution in [3.05, 3.63) is 53.1 Å². The molecule has 0 N–H and O–H groups in total. The molecule has 1 aromatic carbocycles. The van der Waals surface area contributed by atoms with Crippen molar-refractivity contribution in [2.45, 2.75) is 44.8 Å². The molecule has 1 aliphatic rings. The van der Waals surface area contributed by atoms with Gasteiger partial charge in [0.1, 0.15) is 23.4 Å². The van der Waals surface area contributed by atoms with Gasteiger partial charge in [0.05, 0.1) is 22.2 Å². The molecule has 0 radical (unpaired) electrons. The predicted molar refractivity (Wildman–Crippen MR) is 133 cm³/mol. The summed E-state index contributed by atoms with van der Waals surface area (Å²) >= 11 is 6.64. The van der Waals surface area contributed by atoms with Gasteiger partial charge in [0.15, 0.2) is 17.1 Å². The number of anilines is 1. The van der Waals surface area contributed by atoms with Gasteiger partial charge < -0.3 is 9.47 Å². The number of rotatable bonds is 3. The van der Waals surface area contributed by atoms with E-state index in [0.717, 1.165) is 0 Å². The van der Waals surface area contributed by atoms with E-state index in [9.17, 15) is 9.65 Å². The first-order chi connectivity index (χ1) is 17.0. The van der Waals surface area contributed by atoms with Crippen LogP contribution in [0.3, 0.4) is 0 Å². The van der Waals surface area contributed by atoms with Crippen LogP contribution in [-0.4, -0.2) is 42.6 Å². The number of fused-ring (bicyclic) bond motifs is 1. The monoisotopic (exact) mass is 510 g/mol. The maximum Gasteiger partial charge on any atom is 0.182 e. The first-order valence-corrected chi connectivity index (χ1v) is 12.0. The van der Waals surface area contributed by atoms with Crippen molar-refractivity contribution in [3.63, 3.8) is 0 Å². The van der Waals surface area contributed by atoms with Crippen LogP contribution in [0.5, 0.6) is 0 Å². The van der Waals surface area contributed by atoms with Crippen molar-refractivity contribution in [3.8, 4) is 17.2 Å². The smallest absolute Gasteiger partial charge is 0.182 e. The zero-order chi connectivity index (χ0) is 25.8. The molecule has 0 bridgehead atoms. The predicted octanol–water partition coefficient (Wildman–Crippen LogP) is 5.11. The summed E-state index contributed by atoms with van der Waals surface area (Å²) in [5.41, 5.74) is 0.280. The van der Waals surface area contributed by atoms with Crippen LogP contribution in [0.15, 0.2) is 30.7 Å². The van der Waals surface area contributed by atoms with E-state index in [1.807, 2.05) is 31.7 Å². The fourth-order valence-corrected chi connectivity index (χ4v) is 5.21. The number of alkyl halides is 1. The number of nitrogens with zero attached hydrogens (tertiary/aromatic N) is 8. The molecule has 0 amide bonds. The summed E-state index contributed by atoms with van der Waals surface area (Å²) in [6.45, 7) is 6.58. The van der Waals surface area contributed by atoms with Crippen LogP contribution in [0.4, 0.5) is 14.5 Å². The number of pyridine rings is 1. The van der Waals surface area contributed by atoms with Gasteiger partial charge in [0.25, 0.3) is 0 Å². The van der Waals surface area contributed by atoms with Gasteiger partial charge in [0.2, 0.25) is 0 Å². The van der Waals surface area contributed by atoms with E-state index in [1.165, 1.54) is 18.5 Å². The van der Waals surface area contributed by atoms with E-state index in [2.05, 4.69) is 26.3 Å². The first-order valence-electron chi connectivity index (χ1n) is 11.6.